The van der Waals surface area contributed by atoms with Gasteiger partial charge in [-0.2, -0.15) is 0 Å². The van der Waals surface area contributed by atoms with Gasteiger partial charge in [-0.15, -0.1) is 0 Å². The van der Waals surface area contributed by atoms with Gasteiger partial charge in [0.15, 0.2) is 37.7 Å². The van der Waals surface area contributed by atoms with E-state index in [1.165, 1.54) is 0 Å². The van der Waals surface area contributed by atoms with Crippen molar-refractivity contribution in [1.82, 2.24) is 16.0 Å². The number of carbonyl (C=O) groups excluding carboxylic acids is 3. The summed E-state index contributed by atoms with van der Waals surface area (Å²) >= 11 is 0. The average Bonchev–Trinajstić information content (AvgIpc) is 3.38. The summed E-state index contributed by atoms with van der Waals surface area (Å²) in [6.07, 6.45) is -51.4. The summed E-state index contributed by atoms with van der Waals surface area (Å²) in [7, 11) is 0. The predicted molar refractivity (Wildman–Crippen MR) is 234 cm³/mol. The Kier molecular flexibility index (Phi) is 22.3. The van der Waals surface area contributed by atoms with E-state index in [1.54, 1.807) is 0 Å². The van der Waals surface area contributed by atoms with Crippen LogP contribution in [0.4, 0.5) is 0 Å². The predicted octanol–water partition coefficient (Wildman–Crippen LogP) is -13.7. The highest BCUT2D eigenvalue weighted by atomic mass is 16.8. The number of aliphatic hydroxyl groups excluding tert-OH is 17. The van der Waals surface area contributed by atoms with Gasteiger partial charge in [0, 0.05) is 20.8 Å². The fourth-order valence-corrected chi connectivity index (χ4v) is 9.61. The van der Waals surface area contributed by atoms with Crippen LogP contribution < -0.4 is 16.0 Å². The quantitative estimate of drug-likeness (QED) is 0.0571. The lowest BCUT2D eigenvalue weighted by Crippen LogP contribution is -2.70. The minimum atomic E-state index is -2.24. The molecule has 0 aromatic carbocycles. The van der Waals surface area contributed by atoms with Gasteiger partial charge < -0.3 is 155 Å². The summed E-state index contributed by atoms with van der Waals surface area (Å²) < 4.78 is 63.9. The van der Waals surface area contributed by atoms with Gasteiger partial charge in [0.1, 0.15) is 146 Å². The number of amides is 3. The molecule has 3 amide bonds. The Morgan fingerprint density at radius 3 is 1.17 bits per heavy atom. The summed E-state index contributed by atoms with van der Waals surface area (Å²) in [6.45, 7) is -2.69. The molecule has 0 unspecified atom stereocenters. The first-order chi connectivity index (χ1) is 35.9. The summed E-state index contributed by atoms with van der Waals surface area (Å²) in [5, 5.41) is 190. The van der Waals surface area contributed by atoms with Crippen LogP contribution in [-0.4, -0.2) is 328 Å². The zero-order chi connectivity index (χ0) is 56.2. The van der Waals surface area contributed by atoms with Crippen LogP contribution in [0.1, 0.15) is 20.8 Å². The highest BCUT2D eigenvalue weighted by molar-refractivity contribution is 5.74. The molecule has 0 spiro atoms. The van der Waals surface area contributed by atoms with E-state index in [-0.39, 0.29) is 0 Å². The van der Waals surface area contributed by atoms with Crippen molar-refractivity contribution in [3.05, 3.63) is 0 Å². The summed E-state index contributed by atoms with van der Waals surface area (Å²) in [5.74, 6) is -2.39. The van der Waals surface area contributed by atoms with Crippen molar-refractivity contribution in [2.45, 2.75) is 205 Å². The Balaban J connectivity index is 1.31. The smallest absolute Gasteiger partial charge is 0.217 e. The molecule has 30 atom stereocenters. The molecule has 34 heteroatoms. The molecule has 76 heavy (non-hydrogen) atoms. The van der Waals surface area contributed by atoms with E-state index in [9.17, 15) is 101 Å². The average molecular weight is 1110 g/mol. The Morgan fingerprint density at radius 2 is 0.671 bits per heavy atom. The Hall–Kier alpha value is -2.71. The zero-order valence-corrected chi connectivity index (χ0v) is 40.9. The molecule has 6 aliphatic heterocycles. The van der Waals surface area contributed by atoms with Gasteiger partial charge in [0.05, 0.1) is 39.6 Å². The molecule has 0 aromatic rings. The second-order valence-corrected chi connectivity index (χ2v) is 19.0. The molecule has 6 saturated heterocycles. The number of nitrogens with one attached hydrogen (secondary N) is 3. The second-order valence-electron chi connectivity index (χ2n) is 19.0. The summed E-state index contributed by atoms with van der Waals surface area (Å²) in [4.78, 5) is 36.8. The second kappa shape index (κ2) is 27.2. The number of ether oxygens (including phenoxy) is 11. The van der Waals surface area contributed by atoms with Gasteiger partial charge in [-0.05, 0) is 0 Å². The first kappa shape index (κ1) is 62.5. The fourth-order valence-electron chi connectivity index (χ4n) is 9.61. The minimum absolute atomic E-state index is 0.749. The van der Waals surface area contributed by atoms with Crippen LogP contribution in [-0.2, 0) is 66.5 Å². The minimum Gasteiger partial charge on any atom is -0.394 e. The number of carbonyl (C=O) groups is 3. The largest absolute Gasteiger partial charge is 0.394 e. The highest BCUT2D eigenvalue weighted by Crippen LogP contribution is 2.36. The van der Waals surface area contributed by atoms with Crippen LogP contribution >= 0.6 is 0 Å². The van der Waals surface area contributed by atoms with E-state index in [4.69, 9.17) is 52.1 Å². The van der Waals surface area contributed by atoms with Gasteiger partial charge in [-0.3, -0.25) is 14.4 Å². The number of aliphatic hydroxyl groups is 17. The monoisotopic (exact) mass is 1110 g/mol. The Labute approximate surface area is 431 Å². The van der Waals surface area contributed by atoms with Gasteiger partial charge in [-0.1, -0.05) is 0 Å². The van der Waals surface area contributed by atoms with Crippen LogP contribution in [0.2, 0.25) is 0 Å². The Bertz CT molecular complexity index is 1870. The topological polar surface area (TPSA) is 533 Å². The van der Waals surface area contributed by atoms with Crippen molar-refractivity contribution >= 4 is 17.7 Å². The molecule has 6 rings (SSSR count). The van der Waals surface area contributed by atoms with Gasteiger partial charge in [0.2, 0.25) is 17.7 Å². The van der Waals surface area contributed by atoms with E-state index in [0.717, 1.165) is 20.8 Å². The van der Waals surface area contributed by atoms with Crippen LogP contribution in [0.25, 0.3) is 0 Å². The molecule has 0 aliphatic carbocycles. The molecular formula is C42H71N3O31. The Morgan fingerprint density at radius 1 is 0.342 bits per heavy atom. The lowest BCUT2D eigenvalue weighted by atomic mass is 9.94. The van der Waals surface area contributed by atoms with Crippen molar-refractivity contribution in [3.8, 4) is 0 Å². The maximum atomic E-state index is 12.6. The maximum absolute atomic E-state index is 12.6. The first-order valence-electron chi connectivity index (χ1n) is 24.1. The van der Waals surface area contributed by atoms with Crippen LogP contribution in [0.3, 0.4) is 0 Å². The molecule has 0 bridgehead atoms. The molecule has 0 radical (unpaired) electrons. The molecular weight excluding hydrogens is 1040 g/mol. The van der Waals surface area contributed by atoms with Crippen LogP contribution in [0.15, 0.2) is 0 Å². The van der Waals surface area contributed by atoms with E-state index in [1.807, 2.05) is 0 Å². The van der Waals surface area contributed by atoms with Gasteiger partial charge in [-0.25, -0.2) is 0 Å². The number of hydrogen-bond donors (Lipinski definition) is 20. The molecule has 0 aromatic heterocycles. The normalized spacial score (nSPS) is 48.2. The zero-order valence-electron chi connectivity index (χ0n) is 40.9. The molecule has 20 N–H and O–H groups in total. The number of hydrogen-bond acceptors (Lipinski definition) is 31. The standard InChI is InChI=1S/C42H71N3O31/c1-10(51)43-19-26(58)33(16(7-49)67-37(19)65)74-41-32(64)30(62)35(73-38-20(44-11(2)52)25(57)22(54)13(4-46)68-38)18(72-41)9-66-42-36(29(61)24(56)15(6-48)70-42)76-39-21(45-12(3)53)27(59)34(17(8-50)71-39)75-40-31(63)28(60)23(55)14(5-47)69-40/h13-42,46-50,54-65H,4-9H2,1-3H3,(H,43,51)(H,44,52)(H,45,53)/t13-,14-,15-,16-,17-,18-,19-,20-,21-,22-,23+,24-,25-,26-,27-,28+,29+,30-,31-,32+,33-,34-,35-,36+,37-,38+,39+,40+,41+,42+/m1/s1. The molecule has 34 nitrogen and oxygen atoms in total. The van der Waals surface area contributed by atoms with Crippen molar-refractivity contribution in [1.29, 1.82) is 0 Å². The van der Waals surface area contributed by atoms with E-state index in [2.05, 4.69) is 16.0 Å². The molecule has 440 valence electrons. The third-order valence-electron chi connectivity index (χ3n) is 13.6. The molecule has 0 saturated carbocycles. The van der Waals surface area contributed by atoms with Crippen LogP contribution in [0, 0.1) is 0 Å². The van der Waals surface area contributed by atoms with Crippen molar-refractivity contribution in [2.75, 3.05) is 39.6 Å². The summed E-state index contributed by atoms with van der Waals surface area (Å²) in [5.41, 5.74) is 0. The fraction of sp³-hybridized carbons (Fsp3) is 0.929. The third kappa shape index (κ3) is 13.7. The molecule has 6 aliphatic rings. The molecule has 6 fully saturated rings. The highest BCUT2D eigenvalue weighted by Gasteiger charge is 2.57. The van der Waals surface area contributed by atoms with Gasteiger partial charge >= 0.3 is 0 Å². The van der Waals surface area contributed by atoms with Crippen molar-refractivity contribution in [2.24, 2.45) is 0 Å². The number of rotatable bonds is 19. The SMILES string of the molecule is CC(=O)N[C@@H]1[C@@H](O)[C@H](O[C@@H]2O[C@H](CO[C@H]3O[C@H](CO)[C@@H](O)[C@H](O)[C@@H]3O[C@@H]3O[C@H](CO)[C@@H](O[C@@H]4O[C@H](CO)[C@H](O)[C@H](O)[C@H]4O)[C@H](O)[C@H]3NC(C)=O)[C@@H](O[C@@H]3O[C@H](CO)[C@@H](O)[C@H](O)[C@H]3NC(C)=O)[C@H](O)[C@@H]2O)[C@@H](CO)O[C@H]1O. The summed E-state index contributed by atoms with van der Waals surface area (Å²) in [6, 6.07) is -5.04. The van der Waals surface area contributed by atoms with Crippen molar-refractivity contribution in [3.63, 3.8) is 0 Å². The van der Waals surface area contributed by atoms with E-state index < -0.39 is 241 Å². The van der Waals surface area contributed by atoms with Crippen molar-refractivity contribution < 1.29 is 153 Å². The van der Waals surface area contributed by atoms with Crippen LogP contribution in [0.5, 0.6) is 0 Å². The lowest BCUT2D eigenvalue weighted by molar-refractivity contribution is -0.384. The maximum Gasteiger partial charge on any atom is 0.217 e. The third-order valence-corrected chi connectivity index (χ3v) is 13.6. The lowest BCUT2D eigenvalue weighted by Gasteiger charge is -2.50. The first-order valence-corrected chi connectivity index (χ1v) is 24.1. The van der Waals surface area contributed by atoms with E-state index in [0.29, 0.717) is 0 Å². The van der Waals surface area contributed by atoms with Gasteiger partial charge in [0.25, 0.3) is 0 Å². The van der Waals surface area contributed by atoms with E-state index >= 15 is 0 Å². The molecule has 6 heterocycles.